The van der Waals surface area contributed by atoms with Gasteiger partial charge >= 0.3 is 5.97 Å². The van der Waals surface area contributed by atoms with Crippen LogP contribution in [0.1, 0.15) is 17.3 Å². The van der Waals surface area contributed by atoms with Gasteiger partial charge in [-0.05, 0) is 13.0 Å². The fourth-order valence-corrected chi connectivity index (χ4v) is 1.83. The molecule has 0 bridgehead atoms. The summed E-state index contributed by atoms with van der Waals surface area (Å²) in [4.78, 5) is 27.0. The molecule has 94 valence electrons. The lowest BCUT2D eigenvalue weighted by molar-refractivity contribution is 0.0695. The highest BCUT2D eigenvalue weighted by Gasteiger charge is 2.16. The van der Waals surface area contributed by atoms with Gasteiger partial charge in [-0.15, -0.1) is 0 Å². The normalized spacial score (nSPS) is 10.8. The summed E-state index contributed by atoms with van der Waals surface area (Å²) < 4.78 is 1.55. The van der Waals surface area contributed by atoms with E-state index in [2.05, 4.69) is 4.98 Å². The molecule has 2 aromatic rings. The monoisotopic (exact) mass is 267 g/mol. The number of halogens is 1. The maximum Gasteiger partial charge on any atom is 0.341 e. The summed E-state index contributed by atoms with van der Waals surface area (Å²) in [6.07, 6.45) is 1.26. The molecule has 0 spiro atoms. The van der Waals surface area contributed by atoms with Gasteiger partial charge < -0.3 is 15.4 Å². The first-order valence-electron chi connectivity index (χ1n) is 5.18. The largest absolute Gasteiger partial charge is 0.477 e. The van der Waals surface area contributed by atoms with Crippen molar-refractivity contribution in [2.24, 2.45) is 0 Å². The molecule has 2 rings (SSSR count). The fraction of sp³-hybridized carbons (Fsp3) is 0.182. The van der Waals surface area contributed by atoms with Gasteiger partial charge in [0.15, 0.2) is 5.15 Å². The molecule has 0 unspecified atom stereocenters. The van der Waals surface area contributed by atoms with Crippen LogP contribution in [0.3, 0.4) is 0 Å². The second-order valence-electron chi connectivity index (χ2n) is 3.70. The molecule has 0 atom stereocenters. The van der Waals surface area contributed by atoms with Gasteiger partial charge in [0.25, 0.3) is 0 Å². The number of hydrogen-bond acceptors (Lipinski definition) is 4. The van der Waals surface area contributed by atoms with Crippen LogP contribution in [-0.4, -0.2) is 20.6 Å². The molecule has 0 aliphatic heterocycles. The third-order valence-electron chi connectivity index (χ3n) is 2.60. The maximum absolute atomic E-state index is 12.0. The zero-order valence-corrected chi connectivity index (χ0v) is 10.2. The van der Waals surface area contributed by atoms with E-state index in [9.17, 15) is 9.59 Å². The molecular weight excluding hydrogens is 258 g/mol. The van der Waals surface area contributed by atoms with E-state index in [4.69, 9.17) is 22.4 Å². The number of nitrogens with zero attached hydrogens (tertiary/aromatic N) is 2. The van der Waals surface area contributed by atoms with Gasteiger partial charge in [0.2, 0.25) is 5.43 Å². The molecule has 0 aliphatic rings. The quantitative estimate of drug-likeness (QED) is 0.800. The molecule has 7 heteroatoms. The summed E-state index contributed by atoms with van der Waals surface area (Å²) >= 11 is 5.80. The van der Waals surface area contributed by atoms with Crippen LogP contribution in [0, 0.1) is 0 Å². The van der Waals surface area contributed by atoms with Crippen LogP contribution in [0.5, 0.6) is 0 Å². The maximum atomic E-state index is 12.0. The lowest BCUT2D eigenvalue weighted by Crippen LogP contribution is -2.19. The third-order valence-corrected chi connectivity index (χ3v) is 2.90. The number of carboxylic acids is 1. The Kier molecular flexibility index (Phi) is 2.96. The van der Waals surface area contributed by atoms with E-state index in [1.807, 2.05) is 6.92 Å². The van der Waals surface area contributed by atoms with Gasteiger partial charge in [0.1, 0.15) is 11.2 Å². The van der Waals surface area contributed by atoms with Crippen LogP contribution in [0.2, 0.25) is 5.15 Å². The van der Waals surface area contributed by atoms with Gasteiger partial charge in [-0.25, -0.2) is 9.78 Å². The molecule has 0 fully saturated rings. The standard InChI is InChI=1S/C11H10ClN3O3/c1-2-15-4-6(11(17)18)8(16)5-3-7(13)9(12)14-10(5)15/h3-4H,2,13H2,1H3,(H,17,18). The summed E-state index contributed by atoms with van der Waals surface area (Å²) in [6.45, 7) is 2.27. The first kappa shape index (κ1) is 12.4. The van der Waals surface area contributed by atoms with Gasteiger partial charge in [-0.2, -0.15) is 0 Å². The Balaban J connectivity index is 2.99. The van der Waals surface area contributed by atoms with Crippen LogP contribution in [-0.2, 0) is 6.54 Å². The Labute approximate surface area is 107 Å². The number of nitrogen functional groups attached to an aromatic ring is 1. The highest BCUT2D eigenvalue weighted by atomic mass is 35.5. The SMILES string of the molecule is CCn1cc(C(=O)O)c(=O)c2cc(N)c(Cl)nc21. The number of pyridine rings is 2. The van der Waals surface area contributed by atoms with Crippen LogP contribution in [0.4, 0.5) is 5.69 Å². The van der Waals surface area contributed by atoms with Crippen molar-refractivity contribution >= 4 is 34.3 Å². The second-order valence-corrected chi connectivity index (χ2v) is 4.06. The number of rotatable bonds is 2. The van der Waals surface area contributed by atoms with Gasteiger partial charge in [-0.3, -0.25) is 4.79 Å². The fourth-order valence-electron chi connectivity index (χ4n) is 1.70. The number of fused-ring (bicyclic) bond motifs is 1. The number of hydrogen-bond donors (Lipinski definition) is 2. The Morgan fingerprint density at radius 3 is 2.83 bits per heavy atom. The molecule has 3 N–H and O–H groups in total. The number of aromatic carboxylic acids is 1. The Hall–Kier alpha value is -2.08. The zero-order valence-electron chi connectivity index (χ0n) is 9.48. The van der Waals surface area contributed by atoms with Gasteiger partial charge in [0, 0.05) is 12.7 Å². The average Bonchev–Trinajstić information content (AvgIpc) is 2.32. The van der Waals surface area contributed by atoms with Crippen molar-refractivity contribution in [1.29, 1.82) is 0 Å². The van der Waals surface area contributed by atoms with E-state index in [-0.39, 0.29) is 21.8 Å². The summed E-state index contributed by atoms with van der Waals surface area (Å²) in [5, 5.41) is 9.22. The first-order chi connectivity index (χ1) is 8.45. The number of carbonyl (C=O) groups is 1. The van der Waals surface area contributed by atoms with Crippen molar-refractivity contribution < 1.29 is 9.90 Å². The predicted octanol–water partition coefficient (Wildman–Crippen LogP) is 1.35. The molecule has 6 nitrogen and oxygen atoms in total. The van der Waals surface area contributed by atoms with Crippen molar-refractivity contribution in [2.45, 2.75) is 13.5 Å². The van der Waals surface area contributed by atoms with Crippen molar-refractivity contribution in [3.63, 3.8) is 0 Å². The van der Waals surface area contributed by atoms with Crippen LogP contribution in [0.15, 0.2) is 17.1 Å². The summed E-state index contributed by atoms with van der Waals surface area (Å²) in [6, 6.07) is 1.35. The Morgan fingerprint density at radius 2 is 2.28 bits per heavy atom. The molecule has 2 aromatic heterocycles. The number of aryl methyl sites for hydroxylation is 1. The van der Waals surface area contributed by atoms with Crippen molar-refractivity contribution in [2.75, 3.05) is 5.73 Å². The number of nitrogens with two attached hydrogens (primary N) is 1. The van der Waals surface area contributed by atoms with E-state index < -0.39 is 11.4 Å². The first-order valence-corrected chi connectivity index (χ1v) is 5.56. The van der Waals surface area contributed by atoms with E-state index in [1.54, 1.807) is 4.57 Å². The third kappa shape index (κ3) is 1.80. The predicted molar refractivity (Wildman–Crippen MR) is 68.1 cm³/mol. The molecular formula is C11H10ClN3O3. The van der Waals surface area contributed by atoms with Crippen LogP contribution >= 0.6 is 11.6 Å². The Bertz CT molecular complexity index is 709. The lowest BCUT2D eigenvalue weighted by atomic mass is 10.2. The number of aromatic nitrogens is 2. The van der Waals surface area contributed by atoms with Crippen LogP contribution < -0.4 is 11.2 Å². The van der Waals surface area contributed by atoms with E-state index in [1.165, 1.54) is 12.3 Å². The Morgan fingerprint density at radius 1 is 1.61 bits per heavy atom. The van der Waals surface area contributed by atoms with E-state index in [0.717, 1.165) is 0 Å². The highest BCUT2D eigenvalue weighted by Crippen LogP contribution is 2.20. The highest BCUT2D eigenvalue weighted by molar-refractivity contribution is 6.32. The van der Waals surface area contributed by atoms with Crippen molar-refractivity contribution in [1.82, 2.24) is 9.55 Å². The zero-order chi connectivity index (χ0) is 13.4. The molecule has 0 saturated heterocycles. The van der Waals surface area contributed by atoms with E-state index in [0.29, 0.717) is 12.2 Å². The van der Waals surface area contributed by atoms with Gasteiger partial charge in [-0.1, -0.05) is 11.6 Å². The smallest absolute Gasteiger partial charge is 0.341 e. The molecule has 0 aliphatic carbocycles. The molecule has 18 heavy (non-hydrogen) atoms. The van der Waals surface area contributed by atoms with E-state index >= 15 is 0 Å². The molecule has 0 radical (unpaired) electrons. The lowest BCUT2D eigenvalue weighted by Gasteiger charge is -2.10. The summed E-state index contributed by atoms with van der Waals surface area (Å²) in [5.41, 5.74) is 5.13. The molecule has 2 heterocycles. The van der Waals surface area contributed by atoms with Crippen molar-refractivity contribution in [3.05, 3.63) is 33.2 Å². The average molecular weight is 268 g/mol. The topological polar surface area (TPSA) is 98.2 Å². The van der Waals surface area contributed by atoms with Crippen LogP contribution in [0.25, 0.3) is 11.0 Å². The number of carboxylic acid groups (broad SMARTS) is 1. The van der Waals surface area contributed by atoms with Crippen molar-refractivity contribution in [3.8, 4) is 0 Å². The summed E-state index contributed by atoms with van der Waals surface area (Å²) in [7, 11) is 0. The minimum Gasteiger partial charge on any atom is -0.477 e. The molecule has 0 saturated carbocycles. The summed E-state index contributed by atoms with van der Waals surface area (Å²) in [5.74, 6) is -1.28. The van der Waals surface area contributed by atoms with Gasteiger partial charge in [0.05, 0.1) is 11.1 Å². The molecule has 0 aromatic carbocycles. The minimum atomic E-state index is -1.28. The minimum absolute atomic E-state index is 0.0900. The second kappa shape index (κ2) is 4.30. The number of anilines is 1. The molecule has 0 amide bonds.